The van der Waals surface area contributed by atoms with Gasteiger partial charge in [-0.2, -0.15) is 0 Å². The Balaban J connectivity index is 1.63. The number of aromatic nitrogens is 2. The highest BCUT2D eigenvalue weighted by atomic mass is 19.1. The van der Waals surface area contributed by atoms with Crippen molar-refractivity contribution in [3.8, 4) is 0 Å². The number of halogens is 1. The highest BCUT2D eigenvalue weighted by molar-refractivity contribution is 6.33. The maximum Gasteiger partial charge on any atom is 0.400 e. The van der Waals surface area contributed by atoms with Gasteiger partial charge in [0.1, 0.15) is 5.82 Å². The number of rotatable bonds is 1. The molecule has 1 aromatic carbocycles. The van der Waals surface area contributed by atoms with Gasteiger partial charge in [0.2, 0.25) is 5.69 Å². The SMILES string of the molecule is Cc1cc(=CC=C2C=[NH+]c3ccc(F)cc32)n2c1=Cc1cccn1[B]2. The Bertz CT molecular complexity index is 1190. The van der Waals surface area contributed by atoms with Gasteiger partial charge in [-0.3, -0.25) is 0 Å². The van der Waals surface area contributed by atoms with E-state index in [9.17, 15) is 4.39 Å². The van der Waals surface area contributed by atoms with Crippen LogP contribution in [0.1, 0.15) is 16.8 Å². The molecule has 5 heteroatoms. The lowest BCUT2D eigenvalue weighted by molar-refractivity contribution is -0.342. The van der Waals surface area contributed by atoms with E-state index in [0.29, 0.717) is 0 Å². The van der Waals surface area contributed by atoms with Gasteiger partial charge in [0, 0.05) is 22.5 Å². The summed E-state index contributed by atoms with van der Waals surface area (Å²) in [4.78, 5) is 3.19. The minimum atomic E-state index is -0.222. The minimum Gasteiger partial charge on any atom is -0.375 e. The second-order valence-electron chi connectivity index (χ2n) is 6.37. The van der Waals surface area contributed by atoms with Crippen molar-refractivity contribution in [2.24, 2.45) is 0 Å². The van der Waals surface area contributed by atoms with E-state index in [0.717, 1.165) is 22.2 Å². The van der Waals surface area contributed by atoms with Gasteiger partial charge in [-0.25, -0.2) is 9.38 Å². The maximum absolute atomic E-state index is 13.5. The lowest BCUT2D eigenvalue weighted by Gasteiger charge is -2.12. The predicted octanol–water partition coefficient (Wildman–Crippen LogP) is 0.471. The third kappa shape index (κ3) is 2.23. The van der Waals surface area contributed by atoms with Gasteiger partial charge in [0.25, 0.3) is 0 Å². The molecule has 3 nitrogen and oxygen atoms in total. The molecule has 0 saturated carbocycles. The molecule has 1 N–H and O–H groups in total. The molecule has 0 bridgehead atoms. The predicted molar refractivity (Wildman–Crippen MR) is 98.5 cm³/mol. The van der Waals surface area contributed by atoms with Gasteiger partial charge < -0.3 is 8.96 Å². The first-order valence-corrected chi connectivity index (χ1v) is 8.22. The average Bonchev–Trinajstić information content (AvgIpc) is 3.29. The Morgan fingerprint density at radius 3 is 3.00 bits per heavy atom. The number of hydrogen-bond donors (Lipinski definition) is 1. The van der Waals surface area contributed by atoms with Crippen LogP contribution in [0.2, 0.25) is 0 Å². The molecule has 5 rings (SSSR count). The van der Waals surface area contributed by atoms with E-state index in [1.807, 2.05) is 24.6 Å². The first-order valence-electron chi connectivity index (χ1n) is 8.22. The summed E-state index contributed by atoms with van der Waals surface area (Å²) in [6.45, 7) is 2.12. The van der Waals surface area contributed by atoms with Crippen molar-refractivity contribution in [1.82, 2.24) is 8.96 Å². The molecule has 2 aliphatic heterocycles. The molecule has 0 saturated heterocycles. The van der Waals surface area contributed by atoms with E-state index in [4.69, 9.17) is 0 Å². The summed E-state index contributed by atoms with van der Waals surface area (Å²) >= 11 is 0. The number of fused-ring (bicyclic) bond motifs is 3. The Morgan fingerprint density at radius 1 is 1.16 bits per heavy atom. The normalized spacial score (nSPS) is 16.4. The van der Waals surface area contributed by atoms with Crippen LogP contribution < -0.4 is 15.7 Å². The fourth-order valence-corrected chi connectivity index (χ4v) is 3.46. The molecule has 4 heterocycles. The number of benzene rings is 1. The van der Waals surface area contributed by atoms with Crippen LogP contribution in [0.4, 0.5) is 10.1 Å². The summed E-state index contributed by atoms with van der Waals surface area (Å²) in [5.41, 5.74) is 5.21. The van der Waals surface area contributed by atoms with Crippen LogP contribution in [0.25, 0.3) is 17.7 Å². The zero-order chi connectivity index (χ0) is 17.0. The number of hydrogen-bond acceptors (Lipinski definition) is 0. The Kier molecular flexibility index (Phi) is 2.98. The summed E-state index contributed by atoms with van der Waals surface area (Å²) in [5.74, 6) is -0.222. The van der Waals surface area contributed by atoms with Crippen LogP contribution >= 0.6 is 0 Å². The van der Waals surface area contributed by atoms with Gasteiger partial charge in [0.05, 0.1) is 11.1 Å². The topological polar surface area (TPSA) is 23.8 Å². The van der Waals surface area contributed by atoms with Crippen LogP contribution in [-0.2, 0) is 0 Å². The molecule has 0 unspecified atom stereocenters. The van der Waals surface area contributed by atoms with E-state index in [1.54, 1.807) is 12.1 Å². The summed E-state index contributed by atoms with van der Waals surface area (Å²) in [6.07, 6.45) is 10.2. The fraction of sp³-hybridized carbons (Fsp3) is 0.0500. The monoisotopic (exact) mass is 327 g/mol. The van der Waals surface area contributed by atoms with E-state index >= 15 is 0 Å². The maximum atomic E-state index is 13.5. The highest BCUT2D eigenvalue weighted by Crippen LogP contribution is 2.22. The van der Waals surface area contributed by atoms with Crippen molar-refractivity contribution in [1.29, 1.82) is 0 Å². The Hall–Kier alpha value is -3.08. The van der Waals surface area contributed by atoms with E-state index < -0.39 is 0 Å². The number of nitrogens with one attached hydrogen (secondary N) is 1. The van der Waals surface area contributed by atoms with Gasteiger partial charge in [0.15, 0.2) is 6.21 Å². The number of nitrogens with zero attached hydrogens (tertiary/aromatic N) is 2. The second-order valence-corrected chi connectivity index (χ2v) is 6.37. The third-order valence-electron chi connectivity index (χ3n) is 4.75. The Morgan fingerprint density at radius 2 is 2.08 bits per heavy atom. The van der Waals surface area contributed by atoms with Crippen LogP contribution in [0, 0.1) is 12.7 Å². The summed E-state index contributed by atoms with van der Waals surface area (Å²) in [7, 11) is 2.09. The lowest BCUT2D eigenvalue weighted by Crippen LogP contribution is -2.58. The molecule has 1 radical (unpaired) electrons. The number of allylic oxidation sites excluding steroid dienone is 2. The zero-order valence-corrected chi connectivity index (χ0v) is 13.7. The molecular formula is C20H15BFN3+. The highest BCUT2D eigenvalue weighted by Gasteiger charge is 2.18. The van der Waals surface area contributed by atoms with Crippen molar-refractivity contribution < 1.29 is 9.38 Å². The number of aryl methyl sites for hydroxylation is 1. The zero-order valence-electron chi connectivity index (χ0n) is 13.7. The summed E-state index contributed by atoms with van der Waals surface area (Å²) < 4.78 is 17.8. The molecule has 2 aliphatic rings. The van der Waals surface area contributed by atoms with Gasteiger partial charge >= 0.3 is 7.55 Å². The molecule has 0 amide bonds. The fourth-order valence-electron chi connectivity index (χ4n) is 3.46. The Labute approximate surface area is 145 Å². The van der Waals surface area contributed by atoms with Crippen molar-refractivity contribution in [2.45, 2.75) is 6.92 Å². The van der Waals surface area contributed by atoms with Gasteiger partial charge in [-0.1, -0.05) is 0 Å². The molecule has 0 atom stereocenters. The first-order chi connectivity index (χ1) is 12.2. The average molecular weight is 327 g/mol. The molecular weight excluding hydrogens is 312 g/mol. The summed E-state index contributed by atoms with van der Waals surface area (Å²) in [6, 6.07) is 11.1. The molecule has 25 heavy (non-hydrogen) atoms. The van der Waals surface area contributed by atoms with E-state index in [2.05, 4.69) is 52.7 Å². The molecule has 0 fully saturated rings. The van der Waals surface area contributed by atoms with Crippen LogP contribution in [0.3, 0.4) is 0 Å². The van der Waals surface area contributed by atoms with Crippen LogP contribution in [-0.4, -0.2) is 22.7 Å². The second kappa shape index (κ2) is 5.21. The summed E-state index contributed by atoms with van der Waals surface area (Å²) in [5, 5.41) is 2.28. The molecule has 0 spiro atoms. The molecule has 119 valence electrons. The largest absolute Gasteiger partial charge is 0.400 e. The van der Waals surface area contributed by atoms with Crippen molar-refractivity contribution in [2.75, 3.05) is 0 Å². The van der Waals surface area contributed by atoms with Gasteiger partial charge in [-0.15, -0.1) is 0 Å². The van der Waals surface area contributed by atoms with Gasteiger partial charge in [-0.05, 0) is 67.2 Å². The minimum absolute atomic E-state index is 0.222. The van der Waals surface area contributed by atoms with E-state index in [1.165, 1.54) is 22.7 Å². The molecule has 0 aliphatic carbocycles. The lowest BCUT2D eigenvalue weighted by atomic mass is 10.1. The van der Waals surface area contributed by atoms with Crippen LogP contribution in [0.5, 0.6) is 0 Å². The van der Waals surface area contributed by atoms with Crippen molar-refractivity contribution >= 4 is 37.2 Å². The van der Waals surface area contributed by atoms with E-state index in [-0.39, 0.29) is 5.82 Å². The van der Waals surface area contributed by atoms with Crippen LogP contribution in [0.15, 0.2) is 48.7 Å². The molecule has 2 aromatic heterocycles. The van der Waals surface area contributed by atoms with Crippen molar-refractivity contribution in [3.63, 3.8) is 0 Å². The smallest absolute Gasteiger partial charge is 0.375 e. The standard InChI is InChI=1S/C20H14BFN3/c1-13-9-17(25-20(13)11-16-3-2-8-24(16)21-25)6-4-14-12-23-19-7-5-15(22)10-18(14)19/h2-12H,1H3/p+1. The van der Waals surface area contributed by atoms with Crippen molar-refractivity contribution in [3.05, 3.63) is 82.0 Å². The molecule has 3 aromatic rings. The quantitative estimate of drug-likeness (QED) is 0.492. The third-order valence-corrected chi connectivity index (χ3v) is 4.75. The first kappa shape index (κ1) is 14.3.